The van der Waals surface area contributed by atoms with Crippen LogP contribution in [-0.4, -0.2) is 18.8 Å². The third kappa shape index (κ3) is 4.95. The van der Waals surface area contributed by atoms with Gasteiger partial charge in [0.25, 0.3) is 0 Å². The van der Waals surface area contributed by atoms with E-state index in [1.54, 1.807) is 31.4 Å². The van der Waals surface area contributed by atoms with Gasteiger partial charge in [0.05, 0.1) is 7.11 Å². The summed E-state index contributed by atoms with van der Waals surface area (Å²) in [5.41, 5.74) is 2.79. The van der Waals surface area contributed by atoms with Gasteiger partial charge < -0.3 is 10.1 Å². The van der Waals surface area contributed by atoms with E-state index in [2.05, 4.69) is 5.32 Å². The molecule has 0 bridgehead atoms. The van der Waals surface area contributed by atoms with Crippen LogP contribution in [0, 0.1) is 6.92 Å². The van der Waals surface area contributed by atoms with Crippen molar-refractivity contribution in [3.05, 3.63) is 65.2 Å². The van der Waals surface area contributed by atoms with E-state index >= 15 is 0 Å². The van der Waals surface area contributed by atoms with E-state index in [-0.39, 0.29) is 24.5 Å². The average Bonchev–Trinajstić information content (AvgIpc) is 2.59. The third-order valence-electron chi connectivity index (χ3n) is 3.71. The van der Waals surface area contributed by atoms with Gasteiger partial charge in [-0.1, -0.05) is 36.4 Å². The predicted octanol–water partition coefficient (Wildman–Crippen LogP) is 3.28. The molecule has 0 saturated carbocycles. The standard InChI is InChI=1S/C19H21NO3/c1-14-6-3-4-7-16(14)13-20-19(22)11-10-18(21)15-8-5-9-17(12-15)23-2/h3-9,12H,10-11,13H2,1-2H3,(H,20,22). The molecule has 1 amide bonds. The van der Waals surface area contributed by atoms with E-state index in [0.717, 1.165) is 11.1 Å². The summed E-state index contributed by atoms with van der Waals surface area (Å²) < 4.78 is 5.10. The number of benzene rings is 2. The normalized spacial score (nSPS) is 10.2. The van der Waals surface area contributed by atoms with Crippen LogP contribution in [-0.2, 0) is 11.3 Å². The fraction of sp³-hybridized carbons (Fsp3) is 0.263. The van der Waals surface area contributed by atoms with Crippen molar-refractivity contribution in [2.75, 3.05) is 7.11 Å². The number of rotatable bonds is 7. The summed E-state index contributed by atoms with van der Waals surface area (Å²) >= 11 is 0. The maximum atomic E-state index is 12.1. The molecule has 0 unspecified atom stereocenters. The van der Waals surface area contributed by atoms with Crippen molar-refractivity contribution < 1.29 is 14.3 Å². The Kier molecular flexibility index (Phi) is 5.92. The van der Waals surface area contributed by atoms with Crippen LogP contribution in [0.15, 0.2) is 48.5 Å². The van der Waals surface area contributed by atoms with Crippen molar-refractivity contribution >= 4 is 11.7 Å². The summed E-state index contributed by atoms with van der Waals surface area (Å²) in [5, 5.41) is 2.85. The molecule has 4 heteroatoms. The minimum atomic E-state index is -0.121. The zero-order chi connectivity index (χ0) is 16.7. The first-order valence-electron chi connectivity index (χ1n) is 7.58. The SMILES string of the molecule is COc1cccc(C(=O)CCC(=O)NCc2ccccc2C)c1. The monoisotopic (exact) mass is 311 g/mol. The second-order valence-corrected chi connectivity index (χ2v) is 5.36. The molecule has 4 nitrogen and oxygen atoms in total. The third-order valence-corrected chi connectivity index (χ3v) is 3.71. The van der Waals surface area contributed by atoms with Crippen LogP contribution in [0.1, 0.15) is 34.3 Å². The van der Waals surface area contributed by atoms with Crippen LogP contribution in [0.5, 0.6) is 5.75 Å². The Bertz CT molecular complexity index is 695. The zero-order valence-corrected chi connectivity index (χ0v) is 13.5. The van der Waals surface area contributed by atoms with Gasteiger partial charge in [0.2, 0.25) is 5.91 Å². The van der Waals surface area contributed by atoms with Gasteiger partial charge in [0, 0.05) is 24.9 Å². The van der Waals surface area contributed by atoms with E-state index in [0.29, 0.717) is 17.9 Å². The average molecular weight is 311 g/mol. The Labute approximate surface area is 136 Å². The number of carbonyl (C=O) groups excluding carboxylic acids is 2. The second-order valence-electron chi connectivity index (χ2n) is 5.36. The van der Waals surface area contributed by atoms with Crippen molar-refractivity contribution in [3.8, 4) is 5.75 Å². The first-order valence-corrected chi connectivity index (χ1v) is 7.58. The van der Waals surface area contributed by atoms with Gasteiger partial charge >= 0.3 is 0 Å². The number of hydrogen-bond donors (Lipinski definition) is 1. The lowest BCUT2D eigenvalue weighted by Crippen LogP contribution is -2.23. The summed E-state index contributed by atoms with van der Waals surface area (Å²) in [7, 11) is 1.56. The van der Waals surface area contributed by atoms with Crippen molar-refractivity contribution in [1.82, 2.24) is 5.32 Å². The molecular weight excluding hydrogens is 290 g/mol. The lowest BCUT2D eigenvalue weighted by atomic mass is 10.1. The molecule has 0 saturated heterocycles. The van der Waals surface area contributed by atoms with Crippen molar-refractivity contribution in [2.45, 2.75) is 26.3 Å². The molecule has 2 rings (SSSR count). The summed E-state index contributed by atoms with van der Waals surface area (Å²) in [4.78, 5) is 24.0. The molecule has 0 aliphatic carbocycles. The quantitative estimate of drug-likeness (QED) is 0.798. The lowest BCUT2D eigenvalue weighted by molar-refractivity contribution is -0.121. The largest absolute Gasteiger partial charge is 0.497 e. The van der Waals surface area contributed by atoms with Crippen LogP contribution in [0.4, 0.5) is 0 Å². The first-order chi connectivity index (χ1) is 11.1. The van der Waals surface area contributed by atoms with Gasteiger partial charge in [-0.2, -0.15) is 0 Å². The van der Waals surface area contributed by atoms with Gasteiger partial charge in [0.1, 0.15) is 5.75 Å². The number of nitrogens with one attached hydrogen (secondary N) is 1. The van der Waals surface area contributed by atoms with Crippen molar-refractivity contribution in [1.29, 1.82) is 0 Å². The number of hydrogen-bond acceptors (Lipinski definition) is 3. The molecule has 0 aliphatic heterocycles. The van der Waals surface area contributed by atoms with E-state index < -0.39 is 0 Å². The highest BCUT2D eigenvalue weighted by Gasteiger charge is 2.10. The van der Waals surface area contributed by atoms with E-state index in [4.69, 9.17) is 4.74 Å². The number of methoxy groups -OCH3 is 1. The van der Waals surface area contributed by atoms with E-state index in [1.165, 1.54) is 0 Å². The number of aryl methyl sites for hydroxylation is 1. The number of amides is 1. The lowest BCUT2D eigenvalue weighted by Gasteiger charge is -2.08. The van der Waals surface area contributed by atoms with E-state index in [9.17, 15) is 9.59 Å². The molecule has 0 spiro atoms. The molecule has 0 fully saturated rings. The van der Waals surface area contributed by atoms with Gasteiger partial charge in [-0.25, -0.2) is 0 Å². The topological polar surface area (TPSA) is 55.4 Å². The summed E-state index contributed by atoms with van der Waals surface area (Å²) in [6, 6.07) is 14.9. The van der Waals surface area contributed by atoms with Gasteiger partial charge in [-0.3, -0.25) is 9.59 Å². The fourth-order valence-electron chi connectivity index (χ4n) is 2.26. The zero-order valence-electron chi connectivity index (χ0n) is 13.5. The summed E-state index contributed by atoms with van der Waals surface area (Å²) in [6.45, 7) is 2.49. The van der Waals surface area contributed by atoms with Crippen LogP contribution in [0.3, 0.4) is 0 Å². The number of ketones is 1. The predicted molar refractivity (Wildman–Crippen MR) is 89.6 cm³/mol. The first kappa shape index (κ1) is 16.7. The molecule has 1 N–H and O–H groups in total. The Morgan fingerprint density at radius 3 is 2.57 bits per heavy atom. The van der Waals surface area contributed by atoms with Crippen molar-refractivity contribution in [2.24, 2.45) is 0 Å². The molecule has 0 atom stereocenters. The molecule has 0 aromatic heterocycles. The highest BCUT2D eigenvalue weighted by Crippen LogP contribution is 2.14. The molecule has 0 aliphatic rings. The maximum absolute atomic E-state index is 12.1. The summed E-state index contributed by atoms with van der Waals surface area (Å²) in [6.07, 6.45) is 0.370. The Balaban J connectivity index is 1.82. The van der Waals surface area contributed by atoms with Gasteiger partial charge in [-0.05, 0) is 30.2 Å². The fourth-order valence-corrected chi connectivity index (χ4v) is 2.26. The Hall–Kier alpha value is -2.62. The summed E-state index contributed by atoms with van der Waals surface area (Å²) in [5.74, 6) is 0.458. The minimum absolute atomic E-state index is 0.0602. The molecule has 120 valence electrons. The Morgan fingerprint density at radius 1 is 1.04 bits per heavy atom. The van der Waals surface area contributed by atoms with Crippen LogP contribution >= 0.6 is 0 Å². The molecular formula is C19H21NO3. The van der Waals surface area contributed by atoms with Crippen molar-refractivity contribution in [3.63, 3.8) is 0 Å². The van der Waals surface area contributed by atoms with Crippen LogP contribution < -0.4 is 10.1 Å². The smallest absolute Gasteiger partial charge is 0.220 e. The van der Waals surface area contributed by atoms with Gasteiger partial charge in [-0.15, -0.1) is 0 Å². The molecule has 0 radical (unpaired) electrons. The van der Waals surface area contributed by atoms with E-state index in [1.807, 2.05) is 31.2 Å². The molecule has 2 aromatic carbocycles. The molecule has 2 aromatic rings. The van der Waals surface area contributed by atoms with Crippen LogP contribution in [0.2, 0.25) is 0 Å². The van der Waals surface area contributed by atoms with Gasteiger partial charge in [0.15, 0.2) is 5.78 Å². The molecule has 23 heavy (non-hydrogen) atoms. The van der Waals surface area contributed by atoms with Crippen LogP contribution in [0.25, 0.3) is 0 Å². The number of carbonyl (C=O) groups is 2. The minimum Gasteiger partial charge on any atom is -0.497 e. The second kappa shape index (κ2) is 8.13. The molecule has 0 heterocycles. The highest BCUT2D eigenvalue weighted by atomic mass is 16.5. The highest BCUT2D eigenvalue weighted by molar-refractivity contribution is 5.98. The number of ether oxygens (including phenoxy) is 1. The number of Topliss-reactive ketones (excluding diaryl/α,β-unsaturated/α-hetero) is 1. The Morgan fingerprint density at radius 2 is 1.83 bits per heavy atom. The maximum Gasteiger partial charge on any atom is 0.220 e.